The summed E-state index contributed by atoms with van der Waals surface area (Å²) in [6, 6.07) is 12.8. The van der Waals surface area contributed by atoms with Crippen LogP contribution in [-0.2, 0) is 27.3 Å². The number of hydrogen-bond acceptors (Lipinski definition) is 4. The predicted octanol–water partition coefficient (Wildman–Crippen LogP) is 3.28. The van der Waals surface area contributed by atoms with Crippen molar-refractivity contribution in [3.63, 3.8) is 0 Å². The van der Waals surface area contributed by atoms with Gasteiger partial charge in [0, 0.05) is 33.7 Å². The van der Waals surface area contributed by atoms with Crippen LogP contribution in [0.3, 0.4) is 0 Å². The number of aromatic nitrogens is 1. The van der Waals surface area contributed by atoms with E-state index in [0.29, 0.717) is 28.1 Å². The molecule has 6 nitrogen and oxygen atoms in total. The highest BCUT2D eigenvalue weighted by molar-refractivity contribution is 6.30. The van der Waals surface area contributed by atoms with Gasteiger partial charge in [-0.15, -0.1) is 0 Å². The molecule has 3 rings (SSSR count). The fourth-order valence-electron chi connectivity index (χ4n) is 3.62. The molecule has 0 fully saturated rings. The number of amides is 1. The van der Waals surface area contributed by atoms with Gasteiger partial charge in [0.05, 0.1) is 13.0 Å². The van der Waals surface area contributed by atoms with E-state index in [1.807, 2.05) is 35.8 Å². The summed E-state index contributed by atoms with van der Waals surface area (Å²) in [4.78, 5) is 23.9. The average Bonchev–Trinajstić information content (AvgIpc) is 2.93. The van der Waals surface area contributed by atoms with Crippen molar-refractivity contribution in [2.75, 3.05) is 6.61 Å². The maximum atomic E-state index is 12.2. The Bertz CT molecular complexity index is 1070. The van der Waals surface area contributed by atoms with Crippen LogP contribution in [0.4, 0.5) is 0 Å². The van der Waals surface area contributed by atoms with E-state index < -0.39 is 18.0 Å². The molecule has 0 spiro atoms. The molecule has 1 heterocycles. The first kappa shape index (κ1) is 20.9. The largest absolute Gasteiger partial charge is 0.464 e. The molecule has 0 aliphatic carbocycles. The topological polar surface area (TPSA) is 94.6 Å². The number of rotatable bonds is 7. The minimum absolute atomic E-state index is 0.00254. The first-order chi connectivity index (χ1) is 13.8. The third kappa shape index (κ3) is 4.28. The molecule has 0 saturated heterocycles. The molecule has 152 valence electrons. The predicted molar refractivity (Wildman–Crippen MR) is 112 cm³/mol. The number of halogens is 1. The number of carbonyl (C=O) groups is 2. The highest BCUT2D eigenvalue weighted by Crippen LogP contribution is 2.33. The number of aliphatic hydroxyl groups excluding tert-OH is 1. The normalized spacial score (nSPS) is 12.1. The second-order valence-electron chi connectivity index (χ2n) is 6.82. The highest BCUT2D eigenvalue weighted by atomic mass is 35.5. The van der Waals surface area contributed by atoms with Crippen LogP contribution in [-0.4, -0.2) is 28.2 Å². The SMILES string of the molecule is CCOC(=O)C(O)c1cccc2c1c(CC(N)=O)c(C)n2Cc1cccc(Cl)c1. The van der Waals surface area contributed by atoms with Gasteiger partial charge in [0.15, 0.2) is 6.10 Å². The Morgan fingerprint density at radius 2 is 1.97 bits per heavy atom. The molecule has 29 heavy (non-hydrogen) atoms. The smallest absolute Gasteiger partial charge is 0.339 e. The molecule has 0 aliphatic heterocycles. The Morgan fingerprint density at radius 3 is 2.62 bits per heavy atom. The van der Waals surface area contributed by atoms with Crippen molar-refractivity contribution < 1.29 is 19.4 Å². The summed E-state index contributed by atoms with van der Waals surface area (Å²) in [6.45, 7) is 4.24. The van der Waals surface area contributed by atoms with Crippen LogP contribution in [0, 0.1) is 6.92 Å². The Hall–Kier alpha value is -2.83. The summed E-state index contributed by atoms with van der Waals surface area (Å²) in [7, 11) is 0. The second-order valence-corrected chi connectivity index (χ2v) is 7.26. The van der Waals surface area contributed by atoms with Crippen molar-refractivity contribution in [1.82, 2.24) is 4.57 Å². The molecule has 0 aliphatic rings. The van der Waals surface area contributed by atoms with Gasteiger partial charge in [0.1, 0.15) is 0 Å². The van der Waals surface area contributed by atoms with Crippen LogP contribution < -0.4 is 5.73 Å². The molecule has 1 aromatic heterocycles. The number of nitrogens with two attached hydrogens (primary N) is 1. The number of hydrogen-bond donors (Lipinski definition) is 2. The number of carbonyl (C=O) groups excluding carboxylic acids is 2. The van der Waals surface area contributed by atoms with E-state index >= 15 is 0 Å². The van der Waals surface area contributed by atoms with Gasteiger partial charge in [-0.3, -0.25) is 4.79 Å². The van der Waals surface area contributed by atoms with Crippen LogP contribution in [0.5, 0.6) is 0 Å². The summed E-state index contributed by atoms with van der Waals surface area (Å²) in [6.07, 6.45) is -1.45. The van der Waals surface area contributed by atoms with Gasteiger partial charge in [-0.1, -0.05) is 35.9 Å². The molecule has 7 heteroatoms. The van der Waals surface area contributed by atoms with Crippen molar-refractivity contribution in [2.24, 2.45) is 5.73 Å². The van der Waals surface area contributed by atoms with Crippen molar-refractivity contribution in [3.05, 3.63) is 69.9 Å². The number of primary amides is 1. The van der Waals surface area contributed by atoms with Crippen LogP contribution >= 0.6 is 11.6 Å². The quantitative estimate of drug-likeness (QED) is 0.580. The maximum absolute atomic E-state index is 12.2. The van der Waals surface area contributed by atoms with E-state index in [9.17, 15) is 14.7 Å². The van der Waals surface area contributed by atoms with Gasteiger partial charge in [-0.2, -0.15) is 0 Å². The first-order valence-electron chi connectivity index (χ1n) is 9.31. The summed E-state index contributed by atoms with van der Waals surface area (Å²) in [5, 5.41) is 11.9. The number of aliphatic hydroxyl groups is 1. The van der Waals surface area contributed by atoms with E-state index in [2.05, 4.69) is 0 Å². The molecule has 1 amide bonds. The Morgan fingerprint density at radius 1 is 1.24 bits per heavy atom. The van der Waals surface area contributed by atoms with Gasteiger partial charge >= 0.3 is 5.97 Å². The zero-order chi connectivity index (χ0) is 21.1. The molecule has 3 N–H and O–H groups in total. The molecular formula is C22H23ClN2O4. The maximum Gasteiger partial charge on any atom is 0.339 e. The van der Waals surface area contributed by atoms with Crippen molar-refractivity contribution >= 4 is 34.4 Å². The lowest BCUT2D eigenvalue weighted by molar-refractivity contribution is -0.153. The monoisotopic (exact) mass is 414 g/mol. The number of esters is 1. The van der Waals surface area contributed by atoms with Crippen LogP contribution in [0.2, 0.25) is 5.02 Å². The number of benzene rings is 2. The Labute approximate surface area is 173 Å². The van der Waals surface area contributed by atoms with Gasteiger partial charge in [0.25, 0.3) is 0 Å². The van der Waals surface area contributed by atoms with Crippen LogP contribution in [0.25, 0.3) is 10.9 Å². The first-order valence-corrected chi connectivity index (χ1v) is 9.69. The Kier molecular flexibility index (Phi) is 6.25. The van der Waals surface area contributed by atoms with Crippen molar-refractivity contribution in [1.29, 1.82) is 0 Å². The molecule has 1 atom stereocenters. The van der Waals surface area contributed by atoms with Crippen molar-refractivity contribution in [3.8, 4) is 0 Å². The summed E-state index contributed by atoms with van der Waals surface area (Å²) < 4.78 is 7.00. The second kappa shape index (κ2) is 8.68. The van der Waals surface area contributed by atoms with E-state index in [1.165, 1.54) is 0 Å². The number of ether oxygens (including phenoxy) is 1. The zero-order valence-corrected chi connectivity index (χ0v) is 17.1. The standard InChI is InChI=1S/C22H23ClN2O4/c1-3-29-22(28)21(27)16-8-5-9-18-20(16)17(11-19(24)26)13(2)25(18)12-14-6-4-7-15(23)10-14/h4-10,21,27H,3,11-12H2,1-2H3,(H2,24,26). The summed E-state index contributed by atoms with van der Waals surface area (Å²) >= 11 is 6.12. The van der Waals surface area contributed by atoms with E-state index in [4.69, 9.17) is 22.1 Å². The zero-order valence-electron chi connectivity index (χ0n) is 16.3. The molecular weight excluding hydrogens is 392 g/mol. The minimum Gasteiger partial charge on any atom is -0.464 e. The average molecular weight is 415 g/mol. The molecule has 0 bridgehead atoms. The molecule has 3 aromatic rings. The van der Waals surface area contributed by atoms with Gasteiger partial charge in [-0.25, -0.2) is 4.79 Å². The van der Waals surface area contributed by atoms with Crippen LogP contribution in [0.1, 0.15) is 35.4 Å². The van der Waals surface area contributed by atoms with Crippen molar-refractivity contribution in [2.45, 2.75) is 32.9 Å². The molecule has 0 saturated carbocycles. The highest BCUT2D eigenvalue weighted by Gasteiger charge is 2.26. The fourth-order valence-corrected chi connectivity index (χ4v) is 3.84. The lowest BCUT2D eigenvalue weighted by atomic mass is 9.99. The van der Waals surface area contributed by atoms with E-state index in [0.717, 1.165) is 16.8 Å². The van der Waals surface area contributed by atoms with Crippen LogP contribution in [0.15, 0.2) is 42.5 Å². The van der Waals surface area contributed by atoms with E-state index in [1.54, 1.807) is 25.1 Å². The summed E-state index contributed by atoms with van der Waals surface area (Å²) in [5.74, 6) is -1.22. The lowest BCUT2D eigenvalue weighted by Crippen LogP contribution is -2.17. The van der Waals surface area contributed by atoms with Gasteiger partial charge in [0.2, 0.25) is 5.91 Å². The minimum atomic E-state index is -1.45. The number of fused-ring (bicyclic) bond motifs is 1. The lowest BCUT2D eigenvalue weighted by Gasteiger charge is -2.13. The Balaban J connectivity index is 2.20. The summed E-state index contributed by atoms with van der Waals surface area (Å²) in [5.41, 5.74) is 9.17. The molecule has 0 radical (unpaired) electrons. The third-order valence-corrected chi connectivity index (χ3v) is 5.13. The van der Waals surface area contributed by atoms with Gasteiger partial charge in [-0.05, 0) is 43.2 Å². The molecule has 1 unspecified atom stereocenters. The molecule has 2 aromatic carbocycles. The third-order valence-electron chi connectivity index (χ3n) is 4.89. The number of nitrogens with zero attached hydrogens (tertiary/aromatic N) is 1. The fraction of sp³-hybridized carbons (Fsp3) is 0.273. The van der Waals surface area contributed by atoms with E-state index in [-0.39, 0.29) is 13.0 Å². The van der Waals surface area contributed by atoms with Gasteiger partial charge < -0.3 is 20.1 Å².